The van der Waals surface area contributed by atoms with Crippen molar-refractivity contribution in [2.24, 2.45) is 0 Å². The zero-order valence-electron chi connectivity index (χ0n) is 14.7. The molecule has 0 radical (unpaired) electrons. The zero-order chi connectivity index (χ0) is 19.3. The fourth-order valence-electron chi connectivity index (χ4n) is 2.80. The molecule has 4 rings (SSSR count). The minimum Gasteiger partial charge on any atom is -0.461 e. The lowest BCUT2D eigenvalue weighted by atomic mass is 10.1. The molecule has 0 bridgehead atoms. The molecule has 1 amide bonds. The van der Waals surface area contributed by atoms with E-state index in [1.54, 1.807) is 18.2 Å². The molecule has 0 fully saturated rings. The number of nitrogens with one attached hydrogen (secondary N) is 1. The number of furan rings is 1. The Kier molecular flexibility index (Phi) is 4.97. The molecule has 1 unspecified atom stereocenters. The number of carbonyl (C=O) groups is 1. The Bertz CT molecular complexity index is 1060. The van der Waals surface area contributed by atoms with Gasteiger partial charge in [-0.2, -0.15) is 4.98 Å². The number of nitrogens with zero attached hydrogens (tertiary/aromatic N) is 2. The van der Waals surface area contributed by atoms with Gasteiger partial charge in [0.25, 0.3) is 5.91 Å². The Morgan fingerprint density at radius 1 is 1.07 bits per heavy atom. The van der Waals surface area contributed by atoms with Gasteiger partial charge in [0.15, 0.2) is 5.76 Å². The van der Waals surface area contributed by atoms with Gasteiger partial charge in [0.05, 0.1) is 6.26 Å². The summed E-state index contributed by atoms with van der Waals surface area (Å²) in [5, 5.41) is 6.78. The van der Waals surface area contributed by atoms with Crippen LogP contribution in [0.3, 0.4) is 0 Å². The summed E-state index contributed by atoms with van der Waals surface area (Å²) < 4.78 is 24.1. The van der Waals surface area contributed by atoms with Gasteiger partial charge in [-0.25, -0.2) is 4.39 Å². The number of aromatic nitrogens is 2. The molecule has 140 valence electrons. The van der Waals surface area contributed by atoms with E-state index in [4.69, 9.17) is 8.94 Å². The van der Waals surface area contributed by atoms with Crippen molar-refractivity contribution in [3.8, 4) is 11.6 Å². The molecule has 28 heavy (non-hydrogen) atoms. The zero-order valence-corrected chi connectivity index (χ0v) is 14.7. The third kappa shape index (κ3) is 3.98. The van der Waals surface area contributed by atoms with Gasteiger partial charge in [0.1, 0.15) is 11.9 Å². The molecule has 6 nitrogen and oxygen atoms in total. The first-order chi connectivity index (χ1) is 13.7. The first-order valence-corrected chi connectivity index (χ1v) is 8.67. The summed E-state index contributed by atoms with van der Waals surface area (Å²) in [4.78, 5) is 17.0. The third-order valence-electron chi connectivity index (χ3n) is 4.16. The van der Waals surface area contributed by atoms with Crippen LogP contribution in [0.5, 0.6) is 0 Å². The maximum atomic E-state index is 13.5. The maximum absolute atomic E-state index is 13.5. The van der Waals surface area contributed by atoms with E-state index in [9.17, 15) is 9.18 Å². The molecule has 7 heteroatoms. The largest absolute Gasteiger partial charge is 0.461 e. The number of hydrogen-bond acceptors (Lipinski definition) is 5. The summed E-state index contributed by atoms with van der Waals surface area (Å²) >= 11 is 0. The SMILES string of the molecule is O=C(NC(Cc1ccccc1)c1nc(-c2ccco2)no1)c1cccc(F)c1. The van der Waals surface area contributed by atoms with E-state index in [2.05, 4.69) is 15.5 Å². The van der Waals surface area contributed by atoms with Crippen molar-refractivity contribution in [3.63, 3.8) is 0 Å². The second-order valence-corrected chi connectivity index (χ2v) is 6.16. The molecule has 0 aliphatic heterocycles. The number of benzene rings is 2. The third-order valence-corrected chi connectivity index (χ3v) is 4.16. The fourth-order valence-corrected chi connectivity index (χ4v) is 2.80. The number of rotatable bonds is 6. The second-order valence-electron chi connectivity index (χ2n) is 6.16. The molecule has 0 saturated carbocycles. The van der Waals surface area contributed by atoms with Crippen LogP contribution in [0, 0.1) is 5.82 Å². The van der Waals surface area contributed by atoms with Crippen molar-refractivity contribution < 1.29 is 18.1 Å². The first kappa shape index (κ1) is 17.7. The molecule has 2 heterocycles. The Hall–Kier alpha value is -3.74. The smallest absolute Gasteiger partial charge is 0.252 e. The lowest BCUT2D eigenvalue weighted by Crippen LogP contribution is -2.30. The molecule has 0 aliphatic rings. The average Bonchev–Trinajstić information content (AvgIpc) is 3.40. The van der Waals surface area contributed by atoms with Crippen molar-refractivity contribution in [1.29, 1.82) is 0 Å². The number of amides is 1. The van der Waals surface area contributed by atoms with Crippen LogP contribution in [-0.4, -0.2) is 16.0 Å². The highest BCUT2D eigenvalue weighted by molar-refractivity contribution is 5.94. The van der Waals surface area contributed by atoms with Crippen LogP contribution in [0.25, 0.3) is 11.6 Å². The van der Waals surface area contributed by atoms with E-state index >= 15 is 0 Å². The van der Waals surface area contributed by atoms with Crippen LogP contribution in [0.4, 0.5) is 4.39 Å². The maximum Gasteiger partial charge on any atom is 0.252 e. The topological polar surface area (TPSA) is 81.2 Å². The van der Waals surface area contributed by atoms with Crippen LogP contribution in [0.15, 0.2) is 81.9 Å². The Morgan fingerprint density at radius 3 is 2.68 bits per heavy atom. The Balaban J connectivity index is 1.61. The molecular weight excluding hydrogens is 361 g/mol. The predicted molar refractivity (Wildman–Crippen MR) is 98.8 cm³/mol. The Morgan fingerprint density at radius 2 is 1.93 bits per heavy atom. The molecule has 1 N–H and O–H groups in total. The van der Waals surface area contributed by atoms with Gasteiger partial charge < -0.3 is 14.3 Å². The summed E-state index contributed by atoms with van der Waals surface area (Å²) in [7, 11) is 0. The fraction of sp³-hybridized carbons (Fsp3) is 0.0952. The van der Waals surface area contributed by atoms with E-state index in [0.717, 1.165) is 5.56 Å². The quantitative estimate of drug-likeness (QED) is 0.545. The minimum atomic E-state index is -0.589. The summed E-state index contributed by atoms with van der Waals surface area (Å²) in [6, 6.07) is 17.9. The van der Waals surface area contributed by atoms with Crippen LogP contribution in [0.2, 0.25) is 0 Å². The summed E-state index contributed by atoms with van der Waals surface area (Å²) in [6.07, 6.45) is 1.94. The van der Waals surface area contributed by atoms with Crippen LogP contribution in [0.1, 0.15) is 27.9 Å². The van der Waals surface area contributed by atoms with E-state index in [-0.39, 0.29) is 17.3 Å². The highest BCUT2D eigenvalue weighted by Crippen LogP contribution is 2.22. The standard InChI is InChI=1S/C21H16FN3O3/c22-16-9-4-8-15(13-16)20(26)23-17(12-14-6-2-1-3-7-14)21-24-19(25-28-21)18-10-5-11-27-18/h1-11,13,17H,12H2,(H,23,26). The van der Waals surface area contributed by atoms with Gasteiger partial charge in [0.2, 0.25) is 11.7 Å². The molecule has 0 aliphatic carbocycles. The first-order valence-electron chi connectivity index (χ1n) is 8.67. The summed E-state index contributed by atoms with van der Waals surface area (Å²) in [5.41, 5.74) is 1.19. The van der Waals surface area contributed by atoms with Crippen molar-refractivity contribution >= 4 is 5.91 Å². The van der Waals surface area contributed by atoms with E-state index in [0.29, 0.717) is 12.2 Å². The molecule has 0 spiro atoms. The minimum absolute atomic E-state index is 0.212. The molecule has 1 atom stereocenters. The highest BCUT2D eigenvalue weighted by Gasteiger charge is 2.23. The van der Waals surface area contributed by atoms with E-state index < -0.39 is 17.8 Å². The predicted octanol–water partition coefficient (Wildman–Crippen LogP) is 4.18. The lowest BCUT2D eigenvalue weighted by molar-refractivity contribution is 0.0927. The summed E-state index contributed by atoms with van der Waals surface area (Å²) in [6.45, 7) is 0. The Labute approximate surface area is 160 Å². The normalized spacial score (nSPS) is 11.9. The van der Waals surface area contributed by atoms with Crippen LogP contribution in [-0.2, 0) is 6.42 Å². The monoisotopic (exact) mass is 377 g/mol. The van der Waals surface area contributed by atoms with Crippen LogP contribution >= 0.6 is 0 Å². The van der Waals surface area contributed by atoms with Gasteiger partial charge in [-0.15, -0.1) is 0 Å². The number of halogens is 1. The molecular formula is C21H16FN3O3. The van der Waals surface area contributed by atoms with E-state index in [1.807, 2.05) is 30.3 Å². The van der Waals surface area contributed by atoms with Gasteiger partial charge in [0, 0.05) is 12.0 Å². The summed E-state index contributed by atoms with van der Waals surface area (Å²) in [5.74, 6) is 0.0753. The average molecular weight is 377 g/mol. The van der Waals surface area contributed by atoms with Crippen molar-refractivity contribution in [1.82, 2.24) is 15.5 Å². The molecule has 2 aromatic heterocycles. The van der Waals surface area contributed by atoms with Gasteiger partial charge in [-0.1, -0.05) is 41.6 Å². The highest BCUT2D eigenvalue weighted by atomic mass is 19.1. The van der Waals surface area contributed by atoms with Gasteiger partial charge in [-0.3, -0.25) is 4.79 Å². The second kappa shape index (κ2) is 7.87. The van der Waals surface area contributed by atoms with E-state index in [1.165, 1.54) is 24.5 Å². The molecule has 4 aromatic rings. The lowest BCUT2D eigenvalue weighted by Gasteiger charge is -2.15. The molecule has 2 aromatic carbocycles. The number of hydrogen-bond donors (Lipinski definition) is 1. The van der Waals surface area contributed by atoms with Crippen molar-refractivity contribution in [3.05, 3.63) is 95.8 Å². The van der Waals surface area contributed by atoms with Crippen molar-refractivity contribution in [2.45, 2.75) is 12.5 Å². The number of carbonyl (C=O) groups excluding carboxylic acids is 1. The molecule has 0 saturated heterocycles. The van der Waals surface area contributed by atoms with Gasteiger partial charge in [-0.05, 0) is 35.9 Å². The van der Waals surface area contributed by atoms with Crippen LogP contribution < -0.4 is 5.32 Å². The van der Waals surface area contributed by atoms with Gasteiger partial charge >= 0.3 is 0 Å². The van der Waals surface area contributed by atoms with Crippen molar-refractivity contribution in [2.75, 3.05) is 0 Å².